The molecule has 0 spiro atoms. The summed E-state index contributed by atoms with van der Waals surface area (Å²) in [5.74, 6) is -0.367. The molecule has 47 heavy (non-hydrogen) atoms. The molecule has 9 heteroatoms. The zero-order valence-corrected chi connectivity index (χ0v) is 30.9. The topological polar surface area (TPSA) is 117 Å². The Morgan fingerprint density at radius 1 is 0.660 bits per heavy atom. The second kappa shape index (κ2) is 35.8. The molecule has 274 valence electrons. The molecule has 2 unspecified atom stereocenters. The van der Waals surface area contributed by atoms with Crippen LogP contribution in [0.25, 0.3) is 0 Å². The number of hydrogen-bond donors (Lipinski definition) is 2. The molecule has 3 N–H and O–H groups in total. The highest BCUT2D eigenvalue weighted by atomic mass is 31.2. The third-order valence-electron chi connectivity index (χ3n) is 7.51. The molecular weight excluding hydrogens is 613 g/mol. The summed E-state index contributed by atoms with van der Waals surface area (Å²) in [7, 11) is -4.25. The van der Waals surface area contributed by atoms with Crippen molar-refractivity contribution in [2.24, 2.45) is 5.73 Å². The Morgan fingerprint density at radius 2 is 1.17 bits per heavy atom. The number of phosphoric acid groups is 1. The Morgan fingerprint density at radius 3 is 1.70 bits per heavy atom. The van der Waals surface area contributed by atoms with Crippen molar-refractivity contribution < 1.29 is 32.8 Å². The van der Waals surface area contributed by atoms with E-state index in [0.29, 0.717) is 13.0 Å². The van der Waals surface area contributed by atoms with Crippen LogP contribution in [0.1, 0.15) is 149 Å². The maximum atomic E-state index is 12.0. The summed E-state index contributed by atoms with van der Waals surface area (Å²) < 4.78 is 32.7. The first kappa shape index (κ1) is 45.5. The van der Waals surface area contributed by atoms with Crippen LogP contribution in [-0.4, -0.2) is 49.9 Å². The Labute approximate surface area is 288 Å². The maximum Gasteiger partial charge on any atom is 0.472 e. The number of phosphoric ester groups is 1. The van der Waals surface area contributed by atoms with Gasteiger partial charge in [0.2, 0.25) is 0 Å². The summed E-state index contributed by atoms with van der Waals surface area (Å²) in [5, 5.41) is 0. The zero-order valence-electron chi connectivity index (χ0n) is 30.0. The van der Waals surface area contributed by atoms with E-state index in [1.807, 2.05) is 6.92 Å². The van der Waals surface area contributed by atoms with Crippen molar-refractivity contribution in [3.05, 3.63) is 48.6 Å². The summed E-state index contributed by atoms with van der Waals surface area (Å²) in [4.78, 5) is 21.8. The molecule has 0 saturated carbocycles. The maximum absolute atomic E-state index is 12.0. The van der Waals surface area contributed by atoms with E-state index in [1.54, 1.807) is 0 Å². The molecule has 0 bridgehead atoms. The van der Waals surface area contributed by atoms with E-state index < -0.39 is 13.9 Å². The van der Waals surface area contributed by atoms with Crippen LogP contribution >= 0.6 is 7.82 Å². The lowest BCUT2D eigenvalue weighted by molar-refractivity contribution is -0.154. The summed E-state index contributed by atoms with van der Waals surface area (Å²) in [5.41, 5.74) is 5.30. The number of carbonyl (C=O) groups is 1. The highest BCUT2D eigenvalue weighted by Gasteiger charge is 2.25. The van der Waals surface area contributed by atoms with Crippen molar-refractivity contribution in [2.75, 3.05) is 33.0 Å². The molecule has 0 amide bonds. The van der Waals surface area contributed by atoms with Crippen molar-refractivity contribution in [1.29, 1.82) is 0 Å². The fraction of sp³-hybridized carbons (Fsp3) is 0.763. The standard InChI is InChI=1S/C38H70NO7P/c1-3-5-7-8-9-10-11-12-13-14-15-16-17-18-19-20-21-22-23-24-25-26-27-28-29-30-33-43-35-37(46-38(40)31-6-4-2)36-45-47(41,42)44-34-32-39/h5,7,9-10,12-13,15-16,37H,3-4,6,8,11,14,17-36,39H2,1-2H3,(H,41,42)/b7-5-,10-9-,13-12-,16-15-. The minimum Gasteiger partial charge on any atom is -0.457 e. The van der Waals surface area contributed by atoms with Gasteiger partial charge in [-0.05, 0) is 51.4 Å². The Balaban J connectivity index is 3.66. The van der Waals surface area contributed by atoms with Gasteiger partial charge in [0.25, 0.3) is 0 Å². The third-order valence-corrected chi connectivity index (χ3v) is 8.49. The molecule has 0 saturated heterocycles. The van der Waals surface area contributed by atoms with Crippen LogP contribution in [0.15, 0.2) is 48.6 Å². The number of ether oxygens (including phenoxy) is 2. The van der Waals surface area contributed by atoms with Crippen molar-refractivity contribution in [3.8, 4) is 0 Å². The number of esters is 1. The van der Waals surface area contributed by atoms with Crippen LogP contribution in [-0.2, 0) is 27.9 Å². The van der Waals surface area contributed by atoms with Crippen molar-refractivity contribution >= 4 is 13.8 Å². The van der Waals surface area contributed by atoms with Gasteiger partial charge in [-0.15, -0.1) is 0 Å². The Hall–Kier alpha value is -1.54. The first-order valence-electron chi connectivity index (χ1n) is 18.6. The number of unbranched alkanes of at least 4 members (excludes halogenated alkanes) is 14. The lowest BCUT2D eigenvalue weighted by atomic mass is 10.0. The summed E-state index contributed by atoms with van der Waals surface area (Å²) in [6.07, 6.45) is 41.1. The molecule has 0 aromatic rings. The Bertz CT molecular complexity index is 859. The van der Waals surface area contributed by atoms with Crippen LogP contribution in [0, 0.1) is 0 Å². The monoisotopic (exact) mass is 683 g/mol. The fourth-order valence-corrected chi connectivity index (χ4v) is 5.55. The smallest absolute Gasteiger partial charge is 0.457 e. The first-order valence-corrected chi connectivity index (χ1v) is 20.1. The second-order valence-electron chi connectivity index (χ2n) is 12.1. The van der Waals surface area contributed by atoms with Crippen molar-refractivity contribution in [3.63, 3.8) is 0 Å². The normalized spacial score (nSPS) is 14.2. The SMILES string of the molecule is CC/C=C\C/C=C\C/C=C\C/C=C\CCCCCCCCCCCCCCCOCC(COP(=O)(O)OCCN)OC(=O)CCCC. The molecule has 0 aromatic carbocycles. The largest absolute Gasteiger partial charge is 0.472 e. The molecule has 0 fully saturated rings. The first-order chi connectivity index (χ1) is 22.9. The van der Waals surface area contributed by atoms with Gasteiger partial charge in [-0.3, -0.25) is 13.8 Å². The average Bonchev–Trinajstić information content (AvgIpc) is 3.06. The van der Waals surface area contributed by atoms with Crippen molar-refractivity contribution in [1.82, 2.24) is 0 Å². The van der Waals surface area contributed by atoms with E-state index in [9.17, 15) is 14.3 Å². The average molecular weight is 684 g/mol. The molecule has 0 radical (unpaired) electrons. The highest BCUT2D eigenvalue weighted by Crippen LogP contribution is 2.43. The molecule has 0 aliphatic heterocycles. The van der Waals surface area contributed by atoms with E-state index >= 15 is 0 Å². The third kappa shape index (κ3) is 35.6. The predicted octanol–water partition coefficient (Wildman–Crippen LogP) is 10.5. The summed E-state index contributed by atoms with van der Waals surface area (Å²) in [6, 6.07) is 0. The Kier molecular flexibility index (Phi) is 34.6. The molecular formula is C38H70NO7P. The van der Waals surface area contributed by atoms with E-state index in [-0.39, 0.29) is 32.3 Å². The van der Waals surface area contributed by atoms with Gasteiger partial charge in [0.05, 0.1) is 19.8 Å². The fourth-order valence-electron chi connectivity index (χ4n) is 4.79. The van der Waals surface area contributed by atoms with Gasteiger partial charge in [0.1, 0.15) is 6.10 Å². The van der Waals surface area contributed by atoms with Gasteiger partial charge < -0.3 is 20.1 Å². The predicted molar refractivity (Wildman–Crippen MR) is 196 cm³/mol. The number of hydrogen-bond acceptors (Lipinski definition) is 7. The van der Waals surface area contributed by atoms with Gasteiger partial charge in [0, 0.05) is 19.6 Å². The van der Waals surface area contributed by atoms with Crippen molar-refractivity contribution in [2.45, 2.75) is 155 Å². The van der Waals surface area contributed by atoms with E-state index in [2.05, 4.69) is 55.5 Å². The molecule has 0 heterocycles. The van der Waals surface area contributed by atoms with Gasteiger partial charge in [0.15, 0.2) is 0 Å². The molecule has 0 rings (SSSR count). The molecule has 0 aliphatic rings. The zero-order chi connectivity index (χ0) is 34.5. The number of carbonyl (C=O) groups excluding carboxylic acids is 1. The van der Waals surface area contributed by atoms with Gasteiger partial charge in [-0.25, -0.2) is 4.57 Å². The van der Waals surface area contributed by atoms with Gasteiger partial charge in [-0.2, -0.15) is 0 Å². The van der Waals surface area contributed by atoms with Crippen LogP contribution in [0.5, 0.6) is 0 Å². The van der Waals surface area contributed by atoms with Gasteiger partial charge in [-0.1, -0.05) is 140 Å². The van der Waals surface area contributed by atoms with Crippen LogP contribution in [0.3, 0.4) is 0 Å². The van der Waals surface area contributed by atoms with E-state index in [1.165, 1.54) is 77.0 Å². The number of allylic oxidation sites excluding steroid dienone is 8. The van der Waals surface area contributed by atoms with Crippen LogP contribution < -0.4 is 5.73 Å². The molecule has 2 atom stereocenters. The molecule has 0 aromatic heterocycles. The number of rotatable bonds is 35. The minimum absolute atomic E-state index is 0.0974. The lowest BCUT2D eigenvalue weighted by Gasteiger charge is -2.20. The lowest BCUT2D eigenvalue weighted by Crippen LogP contribution is -2.28. The second-order valence-corrected chi connectivity index (χ2v) is 13.5. The summed E-state index contributed by atoms with van der Waals surface area (Å²) >= 11 is 0. The summed E-state index contributed by atoms with van der Waals surface area (Å²) in [6.45, 7) is 4.54. The van der Waals surface area contributed by atoms with E-state index in [0.717, 1.165) is 51.4 Å². The quantitative estimate of drug-likeness (QED) is 0.0293. The van der Waals surface area contributed by atoms with Gasteiger partial charge >= 0.3 is 13.8 Å². The van der Waals surface area contributed by atoms with Crippen LogP contribution in [0.4, 0.5) is 0 Å². The van der Waals surface area contributed by atoms with Crippen LogP contribution in [0.2, 0.25) is 0 Å². The minimum atomic E-state index is -4.25. The number of nitrogens with two attached hydrogens (primary N) is 1. The molecule has 0 aliphatic carbocycles. The highest BCUT2D eigenvalue weighted by molar-refractivity contribution is 7.47. The van der Waals surface area contributed by atoms with E-state index in [4.69, 9.17) is 24.3 Å². The molecule has 8 nitrogen and oxygen atoms in total.